The number of fused-ring (bicyclic) bond motifs is 1. The van der Waals surface area contributed by atoms with Crippen LogP contribution in [-0.2, 0) is 11.2 Å². The van der Waals surface area contributed by atoms with Crippen LogP contribution in [0.2, 0.25) is 0 Å². The predicted molar refractivity (Wildman–Crippen MR) is 121 cm³/mol. The van der Waals surface area contributed by atoms with Crippen molar-refractivity contribution in [2.45, 2.75) is 39.7 Å². The van der Waals surface area contributed by atoms with E-state index in [4.69, 9.17) is 9.47 Å². The molecule has 0 unspecified atom stereocenters. The molecular formula is C21H28N8O4. The van der Waals surface area contributed by atoms with Gasteiger partial charge < -0.3 is 19.3 Å². The van der Waals surface area contributed by atoms with Crippen LogP contribution in [0.25, 0.3) is 17.4 Å². The lowest BCUT2D eigenvalue weighted by molar-refractivity contribution is 0.0240. The zero-order valence-corrected chi connectivity index (χ0v) is 19.5. The van der Waals surface area contributed by atoms with E-state index in [-0.39, 0.29) is 17.4 Å². The number of nitrogens with one attached hydrogen (secondary N) is 1. The van der Waals surface area contributed by atoms with E-state index in [0.717, 1.165) is 0 Å². The highest BCUT2D eigenvalue weighted by Crippen LogP contribution is 2.20. The van der Waals surface area contributed by atoms with Crippen LogP contribution in [0.1, 0.15) is 33.4 Å². The standard InChI is InChI=1S/C21H28N8O4/c1-6-14-15(27-7-9-28(10-8-27)20(31)33-21(2,3)4)18(30)29-19(24-14)25-17(26-29)16-22-11-13(32-5)12-23-16/h11-12H,6-10H2,1-5H3,(H,24,25,26). The van der Waals surface area contributed by atoms with Gasteiger partial charge in [-0.25, -0.2) is 19.7 Å². The van der Waals surface area contributed by atoms with Crippen molar-refractivity contribution in [2.75, 3.05) is 38.2 Å². The Labute approximate surface area is 190 Å². The lowest BCUT2D eigenvalue weighted by Crippen LogP contribution is -2.51. The molecule has 4 heterocycles. The number of ether oxygens (including phenoxy) is 2. The molecule has 1 aliphatic rings. The molecule has 0 radical (unpaired) electrons. The van der Waals surface area contributed by atoms with Crippen LogP contribution in [-0.4, -0.2) is 79.4 Å². The Balaban J connectivity index is 1.61. The number of anilines is 1. The number of hydrogen-bond donors (Lipinski definition) is 1. The fourth-order valence-corrected chi connectivity index (χ4v) is 3.60. The van der Waals surface area contributed by atoms with Gasteiger partial charge in [-0.2, -0.15) is 9.50 Å². The van der Waals surface area contributed by atoms with Crippen molar-refractivity contribution in [3.63, 3.8) is 0 Å². The molecule has 0 aromatic carbocycles. The quantitative estimate of drug-likeness (QED) is 0.620. The maximum Gasteiger partial charge on any atom is 0.410 e. The Morgan fingerprint density at radius 2 is 1.79 bits per heavy atom. The largest absolute Gasteiger partial charge is 0.494 e. The van der Waals surface area contributed by atoms with Crippen molar-refractivity contribution < 1.29 is 14.3 Å². The Morgan fingerprint density at radius 1 is 1.12 bits per heavy atom. The van der Waals surface area contributed by atoms with E-state index in [1.165, 1.54) is 24.0 Å². The molecule has 0 spiro atoms. The number of carbonyl (C=O) groups is 1. The summed E-state index contributed by atoms with van der Waals surface area (Å²) in [5.41, 5.74) is 0.350. The summed E-state index contributed by atoms with van der Waals surface area (Å²) in [6.45, 7) is 9.36. The molecule has 176 valence electrons. The van der Waals surface area contributed by atoms with Crippen molar-refractivity contribution >= 4 is 17.6 Å². The number of aryl methyl sites for hydroxylation is 1. The number of piperazine rings is 1. The number of methoxy groups -OCH3 is 1. The molecule has 0 saturated carbocycles. The minimum absolute atomic E-state index is 0.252. The van der Waals surface area contributed by atoms with Gasteiger partial charge in [0.1, 0.15) is 11.3 Å². The molecular weight excluding hydrogens is 428 g/mol. The fourth-order valence-electron chi connectivity index (χ4n) is 3.60. The summed E-state index contributed by atoms with van der Waals surface area (Å²) in [5, 5.41) is 2.95. The molecule has 1 N–H and O–H groups in total. The van der Waals surface area contributed by atoms with Gasteiger partial charge in [-0.1, -0.05) is 6.92 Å². The Bertz CT molecular complexity index is 1200. The van der Waals surface area contributed by atoms with Gasteiger partial charge in [-0.3, -0.25) is 9.89 Å². The molecule has 1 aliphatic heterocycles. The molecule has 1 fully saturated rings. The summed E-state index contributed by atoms with van der Waals surface area (Å²) in [7, 11) is 1.53. The van der Waals surface area contributed by atoms with Crippen LogP contribution in [0.5, 0.6) is 5.75 Å². The lowest BCUT2D eigenvalue weighted by Gasteiger charge is -2.36. The number of aromatic amines is 1. The van der Waals surface area contributed by atoms with Crippen LogP contribution in [0.3, 0.4) is 0 Å². The monoisotopic (exact) mass is 456 g/mol. The van der Waals surface area contributed by atoms with Crippen molar-refractivity contribution in [2.24, 2.45) is 0 Å². The zero-order valence-electron chi connectivity index (χ0n) is 19.5. The van der Waals surface area contributed by atoms with Crippen LogP contribution in [0.15, 0.2) is 17.2 Å². The number of H-pyrrole nitrogens is 1. The van der Waals surface area contributed by atoms with Gasteiger partial charge in [0, 0.05) is 26.2 Å². The molecule has 0 bridgehead atoms. The van der Waals surface area contributed by atoms with Crippen LogP contribution < -0.4 is 15.2 Å². The topological polar surface area (TPSA) is 131 Å². The highest BCUT2D eigenvalue weighted by Gasteiger charge is 2.29. The third-order valence-corrected chi connectivity index (χ3v) is 5.20. The van der Waals surface area contributed by atoms with E-state index in [0.29, 0.717) is 61.4 Å². The fraction of sp³-hybridized carbons (Fsp3) is 0.524. The van der Waals surface area contributed by atoms with Gasteiger partial charge in [0.05, 0.1) is 25.2 Å². The van der Waals surface area contributed by atoms with Crippen LogP contribution in [0.4, 0.5) is 10.5 Å². The van der Waals surface area contributed by atoms with Gasteiger partial charge in [0.2, 0.25) is 0 Å². The van der Waals surface area contributed by atoms with E-state index < -0.39 is 5.60 Å². The summed E-state index contributed by atoms with van der Waals surface area (Å²) in [6.07, 6.45) is 3.27. The van der Waals surface area contributed by atoms with Gasteiger partial charge in [-0.15, -0.1) is 0 Å². The van der Waals surface area contributed by atoms with Crippen LogP contribution in [0, 0.1) is 0 Å². The van der Waals surface area contributed by atoms with Crippen molar-refractivity contribution in [3.8, 4) is 17.4 Å². The number of rotatable bonds is 4. The van der Waals surface area contributed by atoms with E-state index in [1.54, 1.807) is 4.90 Å². The first kappa shape index (κ1) is 22.5. The normalized spacial score (nSPS) is 14.6. The third-order valence-electron chi connectivity index (χ3n) is 5.20. The van der Waals surface area contributed by atoms with Crippen molar-refractivity contribution in [3.05, 3.63) is 28.4 Å². The molecule has 3 aromatic heterocycles. The number of nitrogens with zero attached hydrogens (tertiary/aromatic N) is 7. The summed E-state index contributed by atoms with van der Waals surface area (Å²) >= 11 is 0. The van der Waals surface area contributed by atoms with Gasteiger partial charge in [0.25, 0.3) is 11.3 Å². The minimum atomic E-state index is -0.552. The van der Waals surface area contributed by atoms with Crippen molar-refractivity contribution in [1.82, 2.24) is 34.4 Å². The number of carbonyl (C=O) groups excluding carboxylic acids is 1. The Morgan fingerprint density at radius 3 is 2.36 bits per heavy atom. The van der Waals surface area contributed by atoms with Gasteiger partial charge in [-0.05, 0) is 27.2 Å². The molecule has 12 nitrogen and oxygen atoms in total. The summed E-state index contributed by atoms with van der Waals surface area (Å²) in [5.74, 6) is 1.43. The molecule has 1 saturated heterocycles. The second-order valence-electron chi connectivity index (χ2n) is 8.67. The van der Waals surface area contributed by atoms with Gasteiger partial charge in [0.15, 0.2) is 17.4 Å². The Hall–Kier alpha value is -3.70. The average Bonchev–Trinajstić information content (AvgIpc) is 3.22. The maximum atomic E-state index is 13.4. The first-order chi connectivity index (χ1) is 15.7. The molecule has 12 heteroatoms. The van der Waals surface area contributed by atoms with E-state index in [2.05, 4.69) is 25.0 Å². The summed E-state index contributed by atoms with van der Waals surface area (Å²) in [4.78, 5) is 46.8. The highest BCUT2D eigenvalue weighted by atomic mass is 16.6. The van der Waals surface area contributed by atoms with E-state index in [1.807, 2.05) is 32.6 Å². The van der Waals surface area contributed by atoms with E-state index >= 15 is 0 Å². The number of amides is 1. The minimum Gasteiger partial charge on any atom is -0.494 e. The number of aromatic nitrogens is 6. The first-order valence-corrected chi connectivity index (χ1v) is 10.8. The molecule has 0 atom stereocenters. The smallest absolute Gasteiger partial charge is 0.410 e. The molecule has 1 amide bonds. The summed E-state index contributed by atoms with van der Waals surface area (Å²) in [6, 6.07) is 0. The molecule has 0 aliphatic carbocycles. The van der Waals surface area contributed by atoms with E-state index in [9.17, 15) is 9.59 Å². The molecule has 3 aromatic rings. The van der Waals surface area contributed by atoms with Crippen LogP contribution >= 0.6 is 0 Å². The third kappa shape index (κ3) is 4.59. The second-order valence-corrected chi connectivity index (χ2v) is 8.67. The Kier molecular flexibility index (Phi) is 5.91. The second kappa shape index (κ2) is 8.68. The lowest BCUT2D eigenvalue weighted by atomic mass is 10.2. The van der Waals surface area contributed by atoms with Gasteiger partial charge >= 0.3 is 6.09 Å². The average molecular weight is 457 g/mol. The summed E-state index contributed by atoms with van der Waals surface area (Å²) < 4.78 is 11.8. The SMILES string of the molecule is CCc1nc2nc(-c3ncc(OC)cn3)[nH]n2c(=O)c1N1CCN(C(=O)OC(C)(C)C)CC1. The molecule has 4 rings (SSSR count). The molecule has 33 heavy (non-hydrogen) atoms. The van der Waals surface area contributed by atoms with Crippen molar-refractivity contribution in [1.29, 1.82) is 0 Å². The first-order valence-electron chi connectivity index (χ1n) is 10.8. The zero-order chi connectivity index (χ0) is 23.8. The maximum absolute atomic E-state index is 13.4. The highest BCUT2D eigenvalue weighted by molar-refractivity contribution is 5.68. The predicted octanol–water partition coefficient (Wildman–Crippen LogP) is 1.50. The number of hydrogen-bond acceptors (Lipinski definition) is 9.